The minimum Gasteiger partial charge on any atom is -0.493 e. The van der Waals surface area contributed by atoms with E-state index >= 15 is 0 Å². The lowest BCUT2D eigenvalue weighted by Gasteiger charge is -2.40. The summed E-state index contributed by atoms with van der Waals surface area (Å²) < 4.78 is 20.2. The Hall–Kier alpha value is -2.12. The van der Waals surface area contributed by atoms with E-state index < -0.39 is 11.5 Å². The van der Waals surface area contributed by atoms with Crippen LogP contribution in [0.2, 0.25) is 0 Å². The van der Waals surface area contributed by atoms with Gasteiger partial charge in [0.15, 0.2) is 5.17 Å². The lowest BCUT2D eigenvalue weighted by atomic mass is 9.75. The van der Waals surface area contributed by atoms with Gasteiger partial charge in [-0.3, -0.25) is 0 Å². The molecule has 5 nitrogen and oxygen atoms in total. The number of aliphatic hydroxyl groups excluding tert-OH is 1. The number of rotatable bonds is 4. The molecule has 27 heavy (non-hydrogen) atoms. The summed E-state index contributed by atoms with van der Waals surface area (Å²) in [5, 5.41) is 10.3. The lowest BCUT2D eigenvalue weighted by Crippen LogP contribution is -2.42. The van der Waals surface area contributed by atoms with Gasteiger partial charge >= 0.3 is 0 Å². The van der Waals surface area contributed by atoms with Crippen LogP contribution in [0.5, 0.6) is 5.75 Å². The molecule has 1 aromatic carbocycles. The van der Waals surface area contributed by atoms with Crippen LogP contribution in [0.1, 0.15) is 25.3 Å². The third kappa shape index (κ3) is 3.30. The van der Waals surface area contributed by atoms with E-state index in [1.807, 2.05) is 18.2 Å². The molecule has 0 fully saturated rings. The molecule has 0 saturated heterocycles. The summed E-state index contributed by atoms with van der Waals surface area (Å²) >= 11 is 1.53. The standard InChI is InChI=1S/C20H22FN3O2S/c1-12(25)4-6-14-10-26-17-7-5-13(15-3-2-8-23-18(15)21)9-16(17)20(14)11-27-19(22)24-20/h2-3,5,7-9,12,14,25H,4,6,10-11H2,1H3,(H2,22,24). The Balaban J connectivity index is 1.80. The average Bonchev–Trinajstić information content (AvgIpc) is 3.04. The van der Waals surface area contributed by atoms with Crippen LogP contribution in [0.4, 0.5) is 4.39 Å². The predicted molar refractivity (Wildman–Crippen MR) is 105 cm³/mol. The fourth-order valence-corrected chi connectivity index (χ4v) is 4.92. The molecular formula is C20H22FN3O2S. The maximum atomic E-state index is 14.2. The highest BCUT2D eigenvalue weighted by molar-refractivity contribution is 8.14. The lowest BCUT2D eigenvalue weighted by molar-refractivity contribution is 0.113. The Kier molecular flexibility index (Phi) is 4.82. The number of nitrogens with two attached hydrogens (primary N) is 1. The molecule has 142 valence electrons. The molecule has 3 heterocycles. The Morgan fingerprint density at radius 1 is 1.44 bits per heavy atom. The molecule has 4 rings (SSSR count). The van der Waals surface area contributed by atoms with E-state index in [4.69, 9.17) is 15.5 Å². The largest absolute Gasteiger partial charge is 0.493 e. The first-order valence-electron chi connectivity index (χ1n) is 9.04. The maximum absolute atomic E-state index is 14.2. The van der Waals surface area contributed by atoms with Crippen molar-refractivity contribution in [3.8, 4) is 16.9 Å². The monoisotopic (exact) mass is 387 g/mol. The number of thioether (sulfide) groups is 1. The first-order chi connectivity index (χ1) is 13.0. The fraction of sp³-hybridized carbons (Fsp3) is 0.400. The molecule has 2 aliphatic rings. The topological polar surface area (TPSA) is 80.7 Å². The summed E-state index contributed by atoms with van der Waals surface area (Å²) in [5.41, 5.74) is 7.65. The van der Waals surface area contributed by atoms with Crippen molar-refractivity contribution in [3.63, 3.8) is 0 Å². The zero-order chi connectivity index (χ0) is 19.0. The van der Waals surface area contributed by atoms with Gasteiger partial charge in [0.1, 0.15) is 11.3 Å². The van der Waals surface area contributed by atoms with Gasteiger partial charge in [-0.15, -0.1) is 0 Å². The summed E-state index contributed by atoms with van der Waals surface area (Å²) in [6.45, 7) is 2.31. The number of ether oxygens (including phenoxy) is 1. The fourth-order valence-electron chi connectivity index (χ4n) is 3.87. The van der Waals surface area contributed by atoms with Crippen molar-refractivity contribution >= 4 is 16.9 Å². The first kappa shape index (κ1) is 18.3. The molecule has 1 aromatic heterocycles. The molecule has 0 radical (unpaired) electrons. The first-order valence-corrected chi connectivity index (χ1v) is 10.0. The number of aromatic nitrogens is 1. The van der Waals surface area contributed by atoms with Crippen molar-refractivity contribution in [1.82, 2.24) is 4.98 Å². The zero-order valence-corrected chi connectivity index (χ0v) is 15.9. The molecule has 0 amide bonds. The number of hydrogen-bond acceptors (Lipinski definition) is 6. The second-order valence-corrected chi connectivity index (χ2v) is 8.15. The molecule has 3 N–H and O–H groups in total. The van der Waals surface area contributed by atoms with Gasteiger partial charge in [0.25, 0.3) is 0 Å². The molecule has 3 atom stereocenters. The van der Waals surface area contributed by atoms with Crippen LogP contribution in [-0.2, 0) is 5.54 Å². The number of aliphatic imine (C=N–C) groups is 1. The molecule has 0 bridgehead atoms. The highest BCUT2D eigenvalue weighted by Crippen LogP contribution is 2.51. The highest BCUT2D eigenvalue weighted by Gasteiger charge is 2.48. The average molecular weight is 387 g/mol. The van der Waals surface area contributed by atoms with E-state index in [1.54, 1.807) is 19.1 Å². The van der Waals surface area contributed by atoms with Crippen LogP contribution in [0.25, 0.3) is 11.1 Å². The van der Waals surface area contributed by atoms with Crippen molar-refractivity contribution in [2.24, 2.45) is 16.6 Å². The van der Waals surface area contributed by atoms with Gasteiger partial charge in [0.05, 0.1) is 12.7 Å². The van der Waals surface area contributed by atoms with Gasteiger partial charge < -0.3 is 15.6 Å². The number of hydrogen-bond donors (Lipinski definition) is 2. The third-order valence-electron chi connectivity index (χ3n) is 5.31. The van der Waals surface area contributed by atoms with E-state index in [2.05, 4.69) is 4.98 Å². The summed E-state index contributed by atoms with van der Waals surface area (Å²) in [6.07, 6.45) is 2.50. The molecular weight excluding hydrogens is 365 g/mol. The minimum absolute atomic E-state index is 0.0992. The smallest absolute Gasteiger partial charge is 0.220 e. The zero-order valence-electron chi connectivity index (χ0n) is 15.1. The number of nitrogens with zero attached hydrogens (tertiary/aromatic N) is 2. The van der Waals surface area contributed by atoms with E-state index in [9.17, 15) is 9.50 Å². The number of aliphatic hydroxyl groups is 1. The minimum atomic E-state index is -0.508. The van der Waals surface area contributed by atoms with Crippen LogP contribution in [0.3, 0.4) is 0 Å². The second kappa shape index (κ2) is 7.13. The van der Waals surface area contributed by atoms with Crippen molar-refractivity contribution < 1.29 is 14.2 Å². The van der Waals surface area contributed by atoms with Crippen molar-refractivity contribution in [1.29, 1.82) is 0 Å². The molecule has 7 heteroatoms. The molecule has 3 unspecified atom stereocenters. The summed E-state index contributed by atoms with van der Waals surface area (Å²) in [7, 11) is 0. The van der Waals surface area contributed by atoms with Crippen molar-refractivity contribution in [2.45, 2.75) is 31.4 Å². The summed E-state index contributed by atoms with van der Waals surface area (Å²) in [5.74, 6) is 1.08. The molecule has 0 saturated carbocycles. The number of benzene rings is 1. The van der Waals surface area contributed by atoms with Crippen LogP contribution >= 0.6 is 11.8 Å². The Morgan fingerprint density at radius 2 is 2.30 bits per heavy atom. The van der Waals surface area contributed by atoms with E-state index in [0.29, 0.717) is 23.8 Å². The Morgan fingerprint density at radius 3 is 3.00 bits per heavy atom. The summed E-state index contributed by atoms with van der Waals surface area (Å²) in [4.78, 5) is 8.58. The quantitative estimate of drug-likeness (QED) is 0.787. The van der Waals surface area contributed by atoms with Crippen LogP contribution < -0.4 is 10.5 Å². The molecule has 2 aromatic rings. The van der Waals surface area contributed by atoms with Gasteiger partial charge in [-0.1, -0.05) is 17.8 Å². The second-order valence-electron chi connectivity index (χ2n) is 7.15. The molecule has 1 spiro atoms. The number of fused-ring (bicyclic) bond motifs is 2. The third-order valence-corrected chi connectivity index (χ3v) is 6.29. The van der Waals surface area contributed by atoms with E-state index in [-0.39, 0.29) is 12.0 Å². The summed E-state index contributed by atoms with van der Waals surface area (Å²) in [6, 6.07) is 9.10. The molecule has 0 aliphatic carbocycles. The van der Waals surface area contributed by atoms with Gasteiger partial charge in [-0.2, -0.15) is 4.39 Å². The highest BCUT2D eigenvalue weighted by atomic mass is 32.2. The normalized spacial score (nSPS) is 25.0. The SMILES string of the molecule is CC(O)CCC1COc2ccc(-c3cccnc3F)cc2C12CSC(N)=N2. The number of pyridine rings is 1. The Bertz CT molecular complexity index is 889. The van der Waals surface area contributed by atoms with Gasteiger partial charge in [0, 0.05) is 29.0 Å². The Labute approximate surface area is 161 Å². The van der Waals surface area contributed by atoms with Gasteiger partial charge in [0.2, 0.25) is 5.95 Å². The number of amidine groups is 1. The van der Waals surface area contributed by atoms with E-state index in [1.165, 1.54) is 18.0 Å². The van der Waals surface area contributed by atoms with Crippen molar-refractivity contribution in [3.05, 3.63) is 48.0 Å². The van der Waals surface area contributed by atoms with E-state index in [0.717, 1.165) is 29.1 Å². The van der Waals surface area contributed by atoms with Crippen molar-refractivity contribution in [2.75, 3.05) is 12.4 Å². The van der Waals surface area contributed by atoms with Crippen LogP contribution in [-0.4, -0.2) is 33.7 Å². The van der Waals surface area contributed by atoms with Gasteiger partial charge in [-0.25, -0.2) is 9.98 Å². The number of halogens is 1. The predicted octanol–water partition coefficient (Wildman–Crippen LogP) is 3.31. The molecule has 2 aliphatic heterocycles. The van der Waals surface area contributed by atoms with Crippen LogP contribution in [0, 0.1) is 11.9 Å². The van der Waals surface area contributed by atoms with Gasteiger partial charge in [-0.05, 0) is 49.6 Å². The van der Waals surface area contributed by atoms with Crippen LogP contribution in [0.15, 0.2) is 41.5 Å². The maximum Gasteiger partial charge on any atom is 0.220 e.